The van der Waals surface area contributed by atoms with Gasteiger partial charge in [-0.05, 0) is 12.0 Å². The number of nitrogen functional groups attached to an aromatic ring is 1. The van der Waals surface area contributed by atoms with Crippen LogP contribution in [0.25, 0.3) is 0 Å². The van der Waals surface area contributed by atoms with Crippen molar-refractivity contribution in [1.29, 1.82) is 0 Å². The largest absolute Gasteiger partial charge is 0.396 e. The Hall–Kier alpha value is -0.900. The fraction of sp³-hybridized carbons (Fsp3) is 0.250. The van der Waals surface area contributed by atoms with Gasteiger partial charge < -0.3 is 5.73 Å². The Kier molecular flexibility index (Phi) is 2.71. The Morgan fingerprint density at radius 3 is 2.15 bits per heavy atom. The lowest BCUT2D eigenvalue weighted by Crippen LogP contribution is -2.04. The van der Waals surface area contributed by atoms with Crippen LogP contribution >= 0.6 is 11.6 Å². The van der Waals surface area contributed by atoms with E-state index in [1.54, 1.807) is 6.92 Å². The Bertz CT molecular complexity index is 323. The maximum atomic E-state index is 12.8. The van der Waals surface area contributed by atoms with E-state index >= 15 is 0 Å². The summed E-state index contributed by atoms with van der Waals surface area (Å²) >= 11 is 5.41. The van der Waals surface area contributed by atoms with Gasteiger partial charge in [-0.2, -0.15) is 0 Å². The zero-order valence-corrected chi connectivity index (χ0v) is 7.55. The minimum Gasteiger partial charge on any atom is -0.396 e. The molecule has 13 heavy (non-hydrogen) atoms. The van der Waals surface area contributed by atoms with Gasteiger partial charge in [0.25, 0.3) is 0 Å². The molecule has 0 aromatic heterocycles. The average Bonchev–Trinajstić information content (AvgIpc) is 2.13. The van der Waals surface area contributed by atoms with Crippen molar-refractivity contribution in [2.24, 2.45) is 0 Å². The van der Waals surface area contributed by atoms with E-state index in [0.717, 1.165) is 0 Å². The Morgan fingerprint density at radius 2 is 1.69 bits per heavy atom. The first-order valence-corrected chi connectivity index (χ1v) is 3.98. The fourth-order valence-corrected chi connectivity index (χ4v) is 1.36. The molecule has 1 rings (SSSR count). The van der Waals surface area contributed by atoms with E-state index in [1.807, 2.05) is 0 Å². The maximum Gasteiger partial charge on any atom is 0.198 e. The molecule has 0 atom stereocenters. The molecule has 2 N–H and O–H groups in total. The summed E-state index contributed by atoms with van der Waals surface area (Å²) in [7, 11) is 0. The molecule has 1 aromatic carbocycles. The second-order valence-electron chi connectivity index (χ2n) is 2.50. The van der Waals surface area contributed by atoms with Crippen LogP contribution in [0.1, 0.15) is 12.5 Å². The number of nitrogens with two attached hydrogens (primary N) is 1. The first-order chi connectivity index (χ1) is 6.00. The van der Waals surface area contributed by atoms with Gasteiger partial charge in [-0.25, -0.2) is 13.2 Å². The van der Waals surface area contributed by atoms with Crippen molar-refractivity contribution in [1.82, 2.24) is 0 Å². The zero-order valence-electron chi connectivity index (χ0n) is 6.80. The molecule has 0 radical (unpaired) electrons. The average molecular weight is 210 g/mol. The Labute approximate surface area is 78.3 Å². The van der Waals surface area contributed by atoms with Crippen LogP contribution in [0.2, 0.25) is 5.02 Å². The highest BCUT2D eigenvalue weighted by Gasteiger charge is 2.20. The molecule has 0 aliphatic rings. The molecular weight excluding hydrogens is 203 g/mol. The van der Waals surface area contributed by atoms with Gasteiger partial charge in [0.1, 0.15) is 0 Å². The summed E-state index contributed by atoms with van der Waals surface area (Å²) < 4.78 is 38.3. The van der Waals surface area contributed by atoms with E-state index in [1.165, 1.54) is 0 Å². The first-order valence-electron chi connectivity index (χ1n) is 3.61. The van der Waals surface area contributed by atoms with Crippen molar-refractivity contribution in [2.75, 3.05) is 5.73 Å². The molecule has 0 saturated heterocycles. The molecule has 0 heterocycles. The van der Waals surface area contributed by atoms with Crippen LogP contribution in [-0.4, -0.2) is 0 Å². The second-order valence-corrected chi connectivity index (χ2v) is 2.88. The standard InChI is InChI=1S/C8H7ClF3N/c1-2-3-4(9)5(10)6(11)7(12)8(3)13/h2,13H2,1H3. The number of benzene rings is 1. The Balaban J connectivity index is 3.56. The summed E-state index contributed by atoms with van der Waals surface area (Å²) in [6.45, 7) is 1.62. The first kappa shape index (κ1) is 10.2. The third-order valence-electron chi connectivity index (χ3n) is 1.76. The van der Waals surface area contributed by atoms with Gasteiger partial charge in [0, 0.05) is 0 Å². The van der Waals surface area contributed by atoms with E-state index in [2.05, 4.69) is 0 Å². The summed E-state index contributed by atoms with van der Waals surface area (Å²) in [6, 6.07) is 0. The minimum absolute atomic E-state index is 0.0954. The van der Waals surface area contributed by atoms with E-state index in [4.69, 9.17) is 17.3 Å². The minimum atomic E-state index is -1.63. The van der Waals surface area contributed by atoms with Gasteiger partial charge in [-0.15, -0.1) is 0 Å². The van der Waals surface area contributed by atoms with Gasteiger partial charge in [-0.1, -0.05) is 18.5 Å². The molecule has 1 aromatic rings. The Morgan fingerprint density at radius 1 is 1.15 bits per heavy atom. The van der Waals surface area contributed by atoms with Crippen LogP contribution in [0.3, 0.4) is 0 Å². The van der Waals surface area contributed by atoms with E-state index < -0.39 is 28.2 Å². The van der Waals surface area contributed by atoms with Crippen molar-refractivity contribution in [3.63, 3.8) is 0 Å². The smallest absolute Gasteiger partial charge is 0.198 e. The molecule has 5 heteroatoms. The van der Waals surface area contributed by atoms with Crippen LogP contribution in [0, 0.1) is 17.5 Å². The van der Waals surface area contributed by atoms with Crippen molar-refractivity contribution >= 4 is 17.3 Å². The molecular formula is C8H7ClF3N. The molecule has 0 spiro atoms. The normalized spacial score (nSPS) is 10.5. The maximum absolute atomic E-state index is 12.8. The van der Waals surface area contributed by atoms with Gasteiger partial charge >= 0.3 is 0 Å². The zero-order chi connectivity index (χ0) is 10.2. The highest BCUT2D eigenvalue weighted by molar-refractivity contribution is 6.31. The van der Waals surface area contributed by atoms with Gasteiger partial charge in [0.05, 0.1) is 10.7 Å². The van der Waals surface area contributed by atoms with Crippen LogP contribution in [0.15, 0.2) is 0 Å². The molecule has 0 bridgehead atoms. The number of anilines is 1. The monoisotopic (exact) mass is 209 g/mol. The van der Waals surface area contributed by atoms with Crippen LogP contribution in [-0.2, 0) is 6.42 Å². The van der Waals surface area contributed by atoms with Crippen molar-refractivity contribution < 1.29 is 13.2 Å². The summed E-state index contributed by atoms with van der Waals surface area (Å²) in [5.41, 5.74) is 4.87. The number of rotatable bonds is 1. The third-order valence-corrected chi connectivity index (χ3v) is 2.15. The van der Waals surface area contributed by atoms with E-state index in [-0.39, 0.29) is 12.0 Å². The van der Waals surface area contributed by atoms with E-state index in [0.29, 0.717) is 0 Å². The summed E-state index contributed by atoms with van der Waals surface area (Å²) in [5, 5.41) is -0.445. The predicted octanol–water partition coefficient (Wildman–Crippen LogP) is 2.90. The molecule has 0 amide bonds. The molecule has 72 valence electrons. The van der Waals surface area contributed by atoms with Crippen molar-refractivity contribution in [2.45, 2.75) is 13.3 Å². The SMILES string of the molecule is CCc1c(N)c(F)c(F)c(F)c1Cl. The van der Waals surface area contributed by atoms with Crippen LogP contribution < -0.4 is 5.73 Å². The second kappa shape index (κ2) is 3.46. The molecule has 0 aliphatic heterocycles. The van der Waals surface area contributed by atoms with Crippen LogP contribution in [0.4, 0.5) is 18.9 Å². The lowest BCUT2D eigenvalue weighted by atomic mass is 10.1. The number of hydrogen-bond acceptors (Lipinski definition) is 1. The van der Waals surface area contributed by atoms with Crippen molar-refractivity contribution in [3.8, 4) is 0 Å². The molecule has 0 aliphatic carbocycles. The van der Waals surface area contributed by atoms with Crippen molar-refractivity contribution in [3.05, 3.63) is 28.0 Å². The lowest BCUT2D eigenvalue weighted by molar-refractivity contribution is 0.448. The number of halogens is 4. The highest BCUT2D eigenvalue weighted by Crippen LogP contribution is 2.30. The topological polar surface area (TPSA) is 26.0 Å². The highest BCUT2D eigenvalue weighted by atomic mass is 35.5. The summed E-state index contributed by atoms with van der Waals surface area (Å²) in [5.74, 6) is -4.39. The quantitative estimate of drug-likeness (QED) is 0.430. The van der Waals surface area contributed by atoms with Gasteiger partial charge in [0.2, 0.25) is 0 Å². The molecule has 0 unspecified atom stereocenters. The van der Waals surface area contributed by atoms with Gasteiger partial charge in [-0.3, -0.25) is 0 Å². The molecule has 0 fully saturated rings. The third kappa shape index (κ3) is 1.46. The van der Waals surface area contributed by atoms with Crippen LogP contribution in [0.5, 0.6) is 0 Å². The predicted molar refractivity (Wildman–Crippen MR) is 45.1 cm³/mol. The van der Waals surface area contributed by atoms with Gasteiger partial charge in [0.15, 0.2) is 17.5 Å². The fourth-order valence-electron chi connectivity index (χ4n) is 1.04. The molecule has 1 nitrogen and oxygen atoms in total. The number of hydrogen-bond donors (Lipinski definition) is 1. The molecule has 0 saturated carbocycles. The summed E-state index contributed by atoms with van der Waals surface area (Å²) in [4.78, 5) is 0. The van der Waals surface area contributed by atoms with E-state index in [9.17, 15) is 13.2 Å². The lowest BCUT2D eigenvalue weighted by Gasteiger charge is -2.08. The summed E-state index contributed by atoms with van der Waals surface area (Å²) in [6.07, 6.45) is 0.249.